The Morgan fingerprint density at radius 3 is 2.56 bits per heavy atom. The molecule has 1 rings (SSSR count). The second kappa shape index (κ2) is 6.43. The normalized spacial score (nSPS) is 10.1. The van der Waals surface area contributed by atoms with Crippen molar-refractivity contribution in [2.45, 2.75) is 32.6 Å². The highest BCUT2D eigenvalue weighted by Crippen LogP contribution is 2.18. The van der Waals surface area contributed by atoms with E-state index >= 15 is 0 Å². The number of Topliss-reactive ketones (excluding diaryl/α,β-unsaturated/α-hetero) is 1. The SMILES string of the molecule is COC(=O)CCCCC(=O)c1sccc1C. The summed E-state index contributed by atoms with van der Waals surface area (Å²) in [6.07, 6.45) is 2.36. The lowest BCUT2D eigenvalue weighted by Crippen LogP contribution is -2.01. The molecule has 0 N–H and O–H groups in total. The van der Waals surface area contributed by atoms with Crippen molar-refractivity contribution in [3.05, 3.63) is 21.9 Å². The first-order valence-corrected chi connectivity index (χ1v) is 6.17. The van der Waals surface area contributed by atoms with E-state index in [2.05, 4.69) is 4.74 Å². The van der Waals surface area contributed by atoms with Crippen LogP contribution in [0.5, 0.6) is 0 Å². The summed E-state index contributed by atoms with van der Waals surface area (Å²) >= 11 is 1.49. The number of carbonyl (C=O) groups is 2. The van der Waals surface area contributed by atoms with Gasteiger partial charge in [0.1, 0.15) is 0 Å². The predicted molar refractivity (Wildman–Crippen MR) is 63.9 cm³/mol. The van der Waals surface area contributed by atoms with Crippen LogP contribution in [-0.4, -0.2) is 18.9 Å². The molecule has 4 heteroatoms. The van der Waals surface area contributed by atoms with Crippen molar-refractivity contribution in [3.8, 4) is 0 Å². The van der Waals surface area contributed by atoms with Gasteiger partial charge in [-0.2, -0.15) is 0 Å². The van der Waals surface area contributed by atoms with Crippen LogP contribution in [0.25, 0.3) is 0 Å². The molecule has 0 spiro atoms. The number of hydrogen-bond donors (Lipinski definition) is 0. The number of unbranched alkanes of at least 4 members (excludes halogenated alkanes) is 1. The highest BCUT2D eigenvalue weighted by molar-refractivity contribution is 7.12. The van der Waals surface area contributed by atoms with Crippen LogP contribution in [0.1, 0.15) is 40.9 Å². The summed E-state index contributed by atoms with van der Waals surface area (Å²) in [5.41, 5.74) is 1.04. The number of ketones is 1. The van der Waals surface area contributed by atoms with Crippen LogP contribution in [0.4, 0.5) is 0 Å². The van der Waals surface area contributed by atoms with Crippen molar-refractivity contribution in [1.29, 1.82) is 0 Å². The fourth-order valence-electron chi connectivity index (χ4n) is 1.43. The van der Waals surface area contributed by atoms with E-state index in [9.17, 15) is 9.59 Å². The zero-order chi connectivity index (χ0) is 12.0. The molecule has 0 aromatic carbocycles. The molecule has 0 bridgehead atoms. The third-order valence-corrected chi connectivity index (χ3v) is 3.44. The van der Waals surface area contributed by atoms with E-state index in [1.165, 1.54) is 18.4 Å². The van der Waals surface area contributed by atoms with Crippen LogP contribution < -0.4 is 0 Å². The van der Waals surface area contributed by atoms with E-state index in [-0.39, 0.29) is 11.8 Å². The molecule has 1 aromatic rings. The Balaban J connectivity index is 2.26. The molecule has 1 aromatic heterocycles. The highest BCUT2D eigenvalue weighted by atomic mass is 32.1. The standard InChI is InChI=1S/C12H16O3S/c1-9-7-8-16-12(9)10(13)5-3-4-6-11(14)15-2/h7-8H,3-6H2,1-2H3. The summed E-state index contributed by atoms with van der Waals surface area (Å²) in [4.78, 5) is 23.4. The van der Waals surface area contributed by atoms with Gasteiger partial charge in [0.15, 0.2) is 5.78 Å². The maximum absolute atomic E-state index is 11.7. The molecule has 0 aliphatic heterocycles. The van der Waals surface area contributed by atoms with Crippen molar-refractivity contribution in [2.75, 3.05) is 7.11 Å². The van der Waals surface area contributed by atoms with Crippen LogP contribution in [-0.2, 0) is 9.53 Å². The number of hydrogen-bond acceptors (Lipinski definition) is 4. The van der Waals surface area contributed by atoms with Gasteiger partial charge < -0.3 is 4.74 Å². The third kappa shape index (κ3) is 3.77. The number of rotatable bonds is 6. The van der Waals surface area contributed by atoms with Gasteiger partial charge in [-0.25, -0.2) is 0 Å². The zero-order valence-corrected chi connectivity index (χ0v) is 10.4. The molecule has 1 heterocycles. The minimum atomic E-state index is -0.209. The zero-order valence-electron chi connectivity index (χ0n) is 9.62. The minimum absolute atomic E-state index is 0.178. The molecule has 0 fully saturated rings. The molecule has 0 unspecified atom stereocenters. The van der Waals surface area contributed by atoms with Crippen molar-refractivity contribution >= 4 is 23.1 Å². The smallest absolute Gasteiger partial charge is 0.305 e. The Labute approximate surface area is 99.4 Å². The number of aryl methyl sites for hydroxylation is 1. The summed E-state index contributed by atoms with van der Waals surface area (Å²) in [5.74, 6) is -0.0304. The van der Waals surface area contributed by atoms with E-state index in [1.54, 1.807) is 0 Å². The van der Waals surface area contributed by atoms with E-state index in [0.717, 1.165) is 16.9 Å². The molecule has 88 valence electrons. The third-order valence-electron chi connectivity index (χ3n) is 2.38. The largest absolute Gasteiger partial charge is 0.469 e. The number of methoxy groups -OCH3 is 1. The average Bonchev–Trinajstić information content (AvgIpc) is 2.70. The Morgan fingerprint density at radius 1 is 1.31 bits per heavy atom. The van der Waals surface area contributed by atoms with Crippen LogP contribution >= 0.6 is 11.3 Å². The van der Waals surface area contributed by atoms with Gasteiger partial charge in [0.25, 0.3) is 0 Å². The first-order valence-electron chi connectivity index (χ1n) is 5.29. The lowest BCUT2D eigenvalue weighted by molar-refractivity contribution is -0.140. The Hall–Kier alpha value is -1.16. The van der Waals surface area contributed by atoms with Crippen LogP contribution in [0.3, 0.4) is 0 Å². The van der Waals surface area contributed by atoms with Gasteiger partial charge in [-0.05, 0) is 36.8 Å². The van der Waals surface area contributed by atoms with E-state index in [1.807, 2.05) is 18.4 Å². The van der Waals surface area contributed by atoms with Gasteiger partial charge in [-0.1, -0.05) is 0 Å². The van der Waals surface area contributed by atoms with Crippen molar-refractivity contribution < 1.29 is 14.3 Å². The molecule has 0 saturated carbocycles. The topological polar surface area (TPSA) is 43.4 Å². The number of esters is 1. The van der Waals surface area contributed by atoms with E-state index < -0.39 is 0 Å². The van der Waals surface area contributed by atoms with Gasteiger partial charge in [0.05, 0.1) is 12.0 Å². The fraction of sp³-hybridized carbons (Fsp3) is 0.500. The predicted octanol–water partition coefficient (Wildman–Crippen LogP) is 2.97. The molecule has 0 saturated heterocycles. The fourth-order valence-corrected chi connectivity index (χ4v) is 2.32. The van der Waals surface area contributed by atoms with Gasteiger partial charge in [-0.15, -0.1) is 11.3 Å². The van der Waals surface area contributed by atoms with Crippen LogP contribution in [0.15, 0.2) is 11.4 Å². The Kier molecular flexibility index (Phi) is 5.19. The Bertz CT molecular complexity index is 368. The summed E-state index contributed by atoms with van der Waals surface area (Å²) < 4.78 is 4.53. The van der Waals surface area contributed by atoms with Crippen molar-refractivity contribution in [1.82, 2.24) is 0 Å². The molecular weight excluding hydrogens is 224 g/mol. The molecule has 0 aliphatic rings. The molecule has 0 atom stereocenters. The first kappa shape index (κ1) is 12.9. The molecular formula is C12H16O3S. The molecule has 0 radical (unpaired) electrons. The van der Waals surface area contributed by atoms with Crippen LogP contribution in [0.2, 0.25) is 0 Å². The van der Waals surface area contributed by atoms with E-state index in [4.69, 9.17) is 0 Å². The summed E-state index contributed by atoms with van der Waals surface area (Å²) in [6.45, 7) is 1.94. The second-order valence-electron chi connectivity index (χ2n) is 3.64. The minimum Gasteiger partial charge on any atom is -0.469 e. The maximum atomic E-state index is 11.7. The molecule has 16 heavy (non-hydrogen) atoms. The summed E-state index contributed by atoms with van der Waals surface area (Å²) in [7, 11) is 1.38. The lowest BCUT2D eigenvalue weighted by Gasteiger charge is -2.00. The molecule has 0 amide bonds. The summed E-state index contributed by atoms with van der Waals surface area (Å²) in [5, 5.41) is 1.93. The monoisotopic (exact) mass is 240 g/mol. The van der Waals surface area contributed by atoms with Gasteiger partial charge in [-0.3, -0.25) is 9.59 Å². The lowest BCUT2D eigenvalue weighted by atomic mass is 10.1. The maximum Gasteiger partial charge on any atom is 0.305 e. The number of ether oxygens (including phenoxy) is 1. The summed E-state index contributed by atoms with van der Waals surface area (Å²) in [6, 6.07) is 1.95. The molecule has 3 nitrogen and oxygen atoms in total. The van der Waals surface area contributed by atoms with Gasteiger partial charge >= 0.3 is 5.97 Å². The highest BCUT2D eigenvalue weighted by Gasteiger charge is 2.10. The number of thiophene rings is 1. The van der Waals surface area contributed by atoms with Crippen molar-refractivity contribution in [2.24, 2.45) is 0 Å². The van der Waals surface area contributed by atoms with Gasteiger partial charge in [0, 0.05) is 12.8 Å². The first-order chi connectivity index (χ1) is 7.65. The number of carbonyl (C=O) groups excluding carboxylic acids is 2. The Morgan fingerprint density at radius 2 is 2.00 bits per heavy atom. The quantitative estimate of drug-likeness (QED) is 0.436. The van der Waals surface area contributed by atoms with Gasteiger partial charge in [0.2, 0.25) is 0 Å². The molecule has 0 aliphatic carbocycles. The van der Waals surface area contributed by atoms with Crippen molar-refractivity contribution in [3.63, 3.8) is 0 Å². The second-order valence-corrected chi connectivity index (χ2v) is 4.56. The van der Waals surface area contributed by atoms with E-state index in [0.29, 0.717) is 19.3 Å². The van der Waals surface area contributed by atoms with Crippen LogP contribution in [0, 0.1) is 6.92 Å². The average molecular weight is 240 g/mol.